The Bertz CT molecular complexity index is 281. The van der Waals surface area contributed by atoms with E-state index in [4.69, 9.17) is 14.2 Å². The van der Waals surface area contributed by atoms with E-state index in [1.165, 1.54) is 21.0 Å². The molecule has 17 heavy (non-hydrogen) atoms. The van der Waals surface area contributed by atoms with Gasteiger partial charge in [0.1, 0.15) is 6.61 Å². The van der Waals surface area contributed by atoms with E-state index in [0.717, 1.165) is 12.8 Å². The minimum absolute atomic E-state index is 0.112. The van der Waals surface area contributed by atoms with Crippen molar-refractivity contribution in [2.45, 2.75) is 45.1 Å². The van der Waals surface area contributed by atoms with Crippen molar-refractivity contribution < 1.29 is 23.8 Å². The number of hydrogen-bond acceptors (Lipinski definition) is 5. The Labute approximate surface area is 101 Å². The Balaban J connectivity index is 2.42. The molecule has 1 amide bonds. The molecule has 1 aliphatic rings. The number of carbonyl (C=O) groups excluding carboxylic acids is 2. The van der Waals surface area contributed by atoms with Crippen LogP contribution in [0, 0.1) is 0 Å². The summed E-state index contributed by atoms with van der Waals surface area (Å²) >= 11 is 0. The van der Waals surface area contributed by atoms with Gasteiger partial charge in [-0.3, -0.25) is 9.59 Å². The maximum absolute atomic E-state index is 11.0. The summed E-state index contributed by atoms with van der Waals surface area (Å²) in [5.74, 6) is -0.439. The maximum Gasteiger partial charge on any atom is 0.302 e. The maximum atomic E-state index is 11.0. The average molecular weight is 245 g/mol. The number of hydrogen-bond donors (Lipinski definition) is 1. The fraction of sp³-hybridized carbons (Fsp3) is 0.818. The molecule has 0 bridgehead atoms. The van der Waals surface area contributed by atoms with Gasteiger partial charge in [-0.15, -0.1) is 0 Å². The lowest BCUT2D eigenvalue weighted by atomic mass is 10.0. The summed E-state index contributed by atoms with van der Waals surface area (Å²) in [7, 11) is 1.52. The molecule has 0 aromatic rings. The lowest BCUT2D eigenvalue weighted by molar-refractivity contribution is -0.206. The zero-order chi connectivity index (χ0) is 12.8. The van der Waals surface area contributed by atoms with E-state index >= 15 is 0 Å². The first-order valence-electron chi connectivity index (χ1n) is 5.61. The van der Waals surface area contributed by atoms with Crippen molar-refractivity contribution in [1.29, 1.82) is 0 Å². The summed E-state index contributed by atoms with van der Waals surface area (Å²) < 4.78 is 15.6. The van der Waals surface area contributed by atoms with Crippen LogP contribution in [0.25, 0.3) is 0 Å². The third-order valence-corrected chi connectivity index (χ3v) is 2.55. The summed E-state index contributed by atoms with van der Waals surface area (Å²) in [5.41, 5.74) is 0. The number of carbonyl (C=O) groups is 2. The molecule has 0 aliphatic carbocycles. The molecule has 1 saturated heterocycles. The Morgan fingerprint density at radius 1 is 1.35 bits per heavy atom. The monoisotopic (exact) mass is 245 g/mol. The Morgan fingerprint density at radius 3 is 2.59 bits per heavy atom. The van der Waals surface area contributed by atoms with Gasteiger partial charge < -0.3 is 19.5 Å². The molecule has 98 valence electrons. The van der Waals surface area contributed by atoms with Gasteiger partial charge in [-0.2, -0.15) is 0 Å². The third-order valence-electron chi connectivity index (χ3n) is 2.55. The topological polar surface area (TPSA) is 73.9 Å². The molecule has 0 aromatic heterocycles. The van der Waals surface area contributed by atoms with Gasteiger partial charge in [0.15, 0.2) is 6.29 Å². The van der Waals surface area contributed by atoms with Crippen molar-refractivity contribution in [3.05, 3.63) is 0 Å². The van der Waals surface area contributed by atoms with Crippen LogP contribution in [0.5, 0.6) is 0 Å². The molecule has 1 aliphatic heterocycles. The van der Waals surface area contributed by atoms with Gasteiger partial charge in [-0.1, -0.05) is 0 Å². The molecule has 1 fully saturated rings. The molecule has 0 aromatic carbocycles. The summed E-state index contributed by atoms with van der Waals surface area (Å²) in [6.07, 6.45) is 0.796. The number of ether oxygens (including phenoxy) is 3. The van der Waals surface area contributed by atoms with Crippen LogP contribution in [0.15, 0.2) is 0 Å². The van der Waals surface area contributed by atoms with Crippen LogP contribution < -0.4 is 5.32 Å². The number of amides is 1. The predicted octanol–water partition coefficient (Wildman–Crippen LogP) is 0.206. The average Bonchev–Trinajstić information content (AvgIpc) is 2.26. The van der Waals surface area contributed by atoms with Gasteiger partial charge in [0.25, 0.3) is 0 Å². The first-order valence-corrected chi connectivity index (χ1v) is 5.61. The number of rotatable bonds is 4. The zero-order valence-electron chi connectivity index (χ0n) is 10.4. The highest BCUT2D eigenvalue weighted by Gasteiger charge is 2.32. The minimum Gasteiger partial charge on any atom is -0.463 e. The van der Waals surface area contributed by atoms with Crippen molar-refractivity contribution in [2.75, 3.05) is 13.7 Å². The van der Waals surface area contributed by atoms with E-state index in [0.29, 0.717) is 0 Å². The van der Waals surface area contributed by atoms with Crippen LogP contribution in [0.2, 0.25) is 0 Å². The second-order valence-corrected chi connectivity index (χ2v) is 4.05. The highest BCUT2D eigenvalue weighted by Crippen LogP contribution is 2.20. The Kier molecular flexibility index (Phi) is 5.37. The van der Waals surface area contributed by atoms with Crippen LogP contribution in [0.1, 0.15) is 26.7 Å². The number of nitrogens with one attached hydrogen (secondary N) is 1. The van der Waals surface area contributed by atoms with Crippen LogP contribution in [-0.2, 0) is 23.8 Å². The van der Waals surface area contributed by atoms with E-state index in [1.54, 1.807) is 0 Å². The van der Waals surface area contributed by atoms with Gasteiger partial charge >= 0.3 is 5.97 Å². The first kappa shape index (κ1) is 13.9. The molecule has 1 rings (SSSR count). The molecule has 0 spiro atoms. The van der Waals surface area contributed by atoms with E-state index in [-0.39, 0.29) is 30.6 Å². The molecule has 0 unspecified atom stereocenters. The molecule has 6 nitrogen and oxygen atoms in total. The predicted molar refractivity (Wildman–Crippen MR) is 59.1 cm³/mol. The van der Waals surface area contributed by atoms with E-state index in [1.807, 2.05) is 0 Å². The molecule has 0 radical (unpaired) electrons. The molecule has 1 N–H and O–H groups in total. The number of esters is 1. The Hall–Kier alpha value is -1.14. The normalized spacial score (nSPS) is 28.5. The highest BCUT2D eigenvalue weighted by molar-refractivity contribution is 5.73. The third kappa shape index (κ3) is 4.70. The van der Waals surface area contributed by atoms with Crippen molar-refractivity contribution >= 4 is 11.9 Å². The van der Waals surface area contributed by atoms with E-state index in [2.05, 4.69) is 5.32 Å². The smallest absolute Gasteiger partial charge is 0.302 e. The Morgan fingerprint density at radius 2 is 2.06 bits per heavy atom. The molecular weight excluding hydrogens is 226 g/mol. The van der Waals surface area contributed by atoms with Crippen molar-refractivity contribution in [1.82, 2.24) is 5.32 Å². The minimum atomic E-state index is -0.492. The fourth-order valence-corrected chi connectivity index (χ4v) is 1.81. The van der Waals surface area contributed by atoms with Gasteiger partial charge in [-0.05, 0) is 12.8 Å². The molecule has 0 saturated carbocycles. The van der Waals surface area contributed by atoms with Gasteiger partial charge in [0.2, 0.25) is 5.91 Å². The molecule has 3 atom stereocenters. The molecular formula is C11H19NO5. The van der Waals surface area contributed by atoms with E-state index in [9.17, 15) is 9.59 Å². The highest BCUT2D eigenvalue weighted by atomic mass is 16.7. The second kappa shape index (κ2) is 6.56. The standard InChI is InChI=1S/C11H19NO5/c1-7(13)12-10-5-4-9(6-16-8(2)14)17-11(10)15-3/h9-11H,4-6H2,1-3H3,(H,12,13)/t9-,10+,11-/m0/s1. The zero-order valence-corrected chi connectivity index (χ0v) is 10.4. The van der Waals surface area contributed by atoms with Crippen LogP contribution in [0.4, 0.5) is 0 Å². The van der Waals surface area contributed by atoms with E-state index < -0.39 is 6.29 Å². The fourth-order valence-electron chi connectivity index (χ4n) is 1.81. The summed E-state index contributed by atoms with van der Waals surface area (Å²) in [6.45, 7) is 3.04. The van der Waals surface area contributed by atoms with Gasteiger partial charge in [0.05, 0.1) is 12.1 Å². The summed E-state index contributed by atoms with van der Waals surface area (Å²) in [5, 5.41) is 2.77. The van der Waals surface area contributed by atoms with Gasteiger partial charge in [-0.25, -0.2) is 0 Å². The lowest BCUT2D eigenvalue weighted by Gasteiger charge is -2.35. The van der Waals surface area contributed by atoms with Crippen molar-refractivity contribution in [2.24, 2.45) is 0 Å². The second-order valence-electron chi connectivity index (χ2n) is 4.05. The van der Waals surface area contributed by atoms with Crippen LogP contribution >= 0.6 is 0 Å². The lowest BCUT2D eigenvalue weighted by Crippen LogP contribution is -2.50. The van der Waals surface area contributed by atoms with Crippen molar-refractivity contribution in [3.63, 3.8) is 0 Å². The quantitative estimate of drug-likeness (QED) is 0.716. The first-order chi connectivity index (χ1) is 8.02. The number of methoxy groups -OCH3 is 1. The SMILES string of the molecule is CO[C@H]1O[C@H](COC(C)=O)CC[C@H]1NC(C)=O. The van der Waals surface area contributed by atoms with Crippen LogP contribution in [-0.4, -0.2) is 44.0 Å². The molecule has 6 heteroatoms. The van der Waals surface area contributed by atoms with Gasteiger partial charge in [0, 0.05) is 21.0 Å². The summed E-state index contributed by atoms with van der Waals surface area (Å²) in [6, 6.07) is -0.147. The van der Waals surface area contributed by atoms with Crippen LogP contribution in [0.3, 0.4) is 0 Å². The summed E-state index contributed by atoms with van der Waals surface area (Å²) in [4.78, 5) is 21.7. The van der Waals surface area contributed by atoms with Crippen molar-refractivity contribution in [3.8, 4) is 0 Å². The largest absolute Gasteiger partial charge is 0.463 e. The molecule has 1 heterocycles.